The van der Waals surface area contributed by atoms with Crippen molar-refractivity contribution in [2.24, 2.45) is 0 Å². The van der Waals surface area contributed by atoms with Gasteiger partial charge < -0.3 is 19.7 Å². The van der Waals surface area contributed by atoms with Crippen molar-refractivity contribution in [3.63, 3.8) is 0 Å². The largest absolute Gasteiger partial charge is 0.485 e. The number of nitrogens with one attached hydrogen (secondary N) is 1. The minimum Gasteiger partial charge on any atom is -0.485 e. The van der Waals surface area contributed by atoms with Crippen molar-refractivity contribution in [3.05, 3.63) is 30.1 Å². The number of para-hydroxylation sites is 1. The lowest BCUT2D eigenvalue weighted by molar-refractivity contribution is -0.145. The fourth-order valence-electron chi connectivity index (χ4n) is 2.52. The van der Waals surface area contributed by atoms with Crippen LogP contribution in [0.2, 0.25) is 0 Å². The van der Waals surface area contributed by atoms with Gasteiger partial charge in [0.25, 0.3) is 0 Å². The number of ether oxygens (including phenoxy) is 2. The molecule has 0 spiro atoms. The van der Waals surface area contributed by atoms with Gasteiger partial charge in [0.15, 0.2) is 11.6 Å². The van der Waals surface area contributed by atoms with E-state index in [9.17, 15) is 14.0 Å². The first-order valence-corrected chi connectivity index (χ1v) is 7.60. The standard InChI is InChI=1S/C16H21FN2O4/c1-3-8-18-16(21)19-10-11(9-13(19)15(20)22-2)23-14-7-5-4-6-12(14)17/h4-7,11,13H,3,8-10H2,1-2H3,(H,18,21). The van der Waals surface area contributed by atoms with Crippen LogP contribution in [0.3, 0.4) is 0 Å². The number of likely N-dealkylation sites (tertiary alicyclic amines) is 1. The second-order valence-corrected chi connectivity index (χ2v) is 5.33. The molecule has 0 aromatic heterocycles. The van der Waals surface area contributed by atoms with Gasteiger partial charge in [-0.2, -0.15) is 0 Å². The van der Waals surface area contributed by atoms with Crippen LogP contribution in [-0.2, 0) is 9.53 Å². The zero-order valence-corrected chi connectivity index (χ0v) is 13.3. The van der Waals surface area contributed by atoms with E-state index < -0.39 is 23.9 Å². The number of halogens is 1. The van der Waals surface area contributed by atoms with E-state index in [1.165, 1.54) is 24.1 Å². The van der Waals surface area contributed by atoms with E-state index in [0.29, 0.717) is 6.54 Å². The fraction of sp³-hybridized carbons (Fsp3) is 0.500. The zero-order valence-electron chi connectivity index (χ0n) is 13.3. The summed E-state index contributed by atoms with van der Waals surface area (Å²) in [6, 6.07) is 4.97. The van der Waals surface area contributed by atoms with Crippen molar-refractivity contribution in [2.75, 3.05) is 20.2 Å². The maximum absolute atomic E-state index is 13.7. The van der Waals surface area contributed by atoms with Crippen LogP contribution in [0.4, 0.5) is 9.18 Å². The number of nitrogens with zero attached hydrogens (tertiary/aromatic N) is 1. The monoisotopic (exact) mass is 324 g/mol. The molecule has 2 atom stereocenters. The number of methoxy groups -OCH3 is 1. The first-order chi connectivity index (χ1) is 11.1. The third-order valence-electron chi connectivity index (χ3n) is 3.65. The van der Waals surface area contributed by atoms with Crippen molar-refractivity contribution in [1.29, 1.82) is 0 Å². The second kappa shape index (κ2) is 7.80. The Kier molecular flexibility index (Phi) is 5.78. The summed E-state index contributed by atoms with van der Waals surface area (Å²) in [4.78, 5) is 25.5. The van der Waals surface area contributed by atoms with Crippen molar-refractivity contribution in [2.45, 2.75) is 31.9 Å². The Morgan fingerprint density at radius 1 is 1.39 bits per heavy atom. The van der Waals surface area contributed by atoms with Gasteiger partial charge in [-0.25, -0.2) is 14.0 Å². The summed E-state index contributed by atoms with van der Waals surface area (Å²) in [6.45, 7) is 2.65. The minimum absolute atomic E-state index is 0.108. The molecular formula is C16H21FN2O4. The highest BCUT2D eigenvalue weighted by Gasteiger charge is 2.41. The molecule has 0 radical (unpaired) electrons. The SMILES string of the molecule is CCCNC(=O)N1CC(Oc2ccccc2F)CC1C(=O)OC. The number of benzene rings is 1. The molecule has 2 rings (SSSR count). The van der Waals surface area contributed by atoms with E-state index in [1.54, 1.807) is 12.1 Å². The topological polar surface area (TPSA) is 67.9 Å². The van der Waals surface area contributed by atoms with Gasteiger partial charge in [0.05, 0.1) is 13.7 Å². The average Bonchev–Trinajstić information content (AvgIpc) is 2.98. The van der Waals surface area contributed by atoms with Crippen LogP contribution in [0.15, 0.2) is 24.3 Å². The summed E-state index contributed by atoms with van der Waals surface area (Å²) in [5.41, 5.74) is 0. The second-order valence-electron chi connectivity index (χ2n) is 5.33. The predicted octanol–water partition coefficient (Wildman–Crippen LogP) is 1.94. The third-order valence-corrected chi connectivity index (χ3v) is 3.65. The van der Waals surface area contributed by atoms with Gasteiger partial charge in [0.2, 0.25) is 0 Å². The molecule has 1 aliphatic rings. The van der Waals surface area contributed by atoms with Crippen LogP contribution in [-0.4, -0.2) is 49.2 Å². The van der Waals surface area contributed by atoms with Gasteiger partial charge in [-0.05, 0) is 18.6 Å². The summed E-state index contributed by atoms with van der Waals surface area (Å²) in [5, 5.41) is 2.73. The zero-order chi connectivity index (χ0) is 16.8. The lowest BCUT2D eigenvalue weighted by atomic mass is 10.2. The van der Waals surface area contributed by atoms with Crippen molar-refractivity contribution in [1.82, 2.24) is 10.2 Å². The molecule has 1 heterocycles. The number of urea groups is 1. The summed E-state index contributed by atoms with van der Waals surface area (Å²) < 4.78 is 24.0. The lowest BCUT2D eigenvalue weighted by Gasteiger charge is -2.22. The molecule has 1 fully saturated rings. The minimum atomic E-state index is -0.728. The van der Waals surface area contributed by atoms with Crippen LogP contribution in [0, 0.1) is 5.82 Å². The molecule has 1 N–H and O–H groups in total. The van der Waals surface area contributed by atoms with Gasteiger partial charge in [-0.3, -0.25) is 0 Å². The summed E-state index contributed by atoms with van der Waals surface area (Å²) in [5.74, 6) is -0.871. The Bertz CT molecular complexity index is 567. The molecule has 2 amide bonds. The molecule has 0 saturated carbocycles. The Morgan fingerprint density at radius 2 is 2.13 bits per heavy atom. The normalized spacial score (nSPS) is 20.2. The van der Waals surface area contributed by atoms with E-state index in [-0.39, 0.29) is 24.7 Å². The molecule has 2 unspecified atom stereocenters. The van der Waals surface area contributed by atoms with Crippen molar-refractivity contribution < 1.29 is 23.5 Å². The highest BCUT2D eigenvalue weighted by Crippen LogP contribution is 2.25. The molecule has 0 bridgehead atoms. The molecule has 126 valence electrons. The maximum Gasteiger partial charge on any atom is 0.328 e. The molecular weight excluding hydrogens is 303 g/mol. The highest BCUT2D eigenvalue weighted by molar-refractivity contribution is 5.84. The van der Waals surface area contributed by atoms with Crippen molar-refractivity contribution in [3.8, 4) is 5.75 Å². The van der Waals surface area contributed by atoms with Crippen molar-refractivity contribution >= 4 is 12.0 Å². The van der Waals surface area contributed by atoms with E-state index in [2.05, 4.69) is 5.32 Å². The van der Waals surface area contributed by atoms with Gasteiger partial charge >= 0.3 is 12.0 Å². The smallest absolute Gasteiger partial charge is 0.328 e. The molecule has 0 aliphatic carbocycles. The number of hydrogen-bond donors (Lipinski definition) is 1. The molecule has 6 nitrogen and oxygen atoms in total. The van der Waals surface area contributed by atoms with Crippen LogP contribution in [0.25, 0.3) is 0 Å². The summed E-state index contributed by atoms with van der Waals surface area (Å²) >= 11 is 0. The molecule has 1 aliphatic heterocycles. The third kappa shape index (κ3) is 4.12. The van der Waals surface area contributed by atoms with Crippen LogP contribution in [0.1, 0.15) is 19.8 Å². The molecule has 7 heteroatoms. The maximum atomic E-state index is 13.7. The predicted molar refractivity (Wildman–Crippen MR) is 81.6 cm³/mol. The van der Waals surface area contributed by atoms with Gasteiger partial charge in [-0.1, -0.05) is 19.1 Å². The number of carbonyl (C=O) groups excluding carboxylic acids is 2. The average molecular weight is 324 g/mol. The fourth-order valence-corrected chi connectivity index (χ4v) is 2.52. The molecule has 23 heavy (non-hydrogen) atoms. The van der Waals surface area contributed by atoms with Gasteiger partial charge in [0.1, 0.15) is 12.1 Å². The Balaban J connectivity index is 2.08. The van der Waals surface area contributed by atoms with E-state index in [4.69, 9.17) is 9.47 Å². The van der Waals surface area contributed by atoms with Gasteiger partial charge in [-0.15, -0.1) is 0 Å². The molecule has 1 aromatic carbocycles. The number of hydrogen-bond acceptors (Lipinski definition) is 4. The van der Waals surface area contributed by atoms with E-state index >= 15 is 0 Å². The Morgan fingerprint density at radius 3 is 2.78 bits per heavy atom. The van der Waals surface area contributed by atoms with Crippen LogP contribution < -0.4 is 10.1 Å². The lowest BCUT2D eigenvalue weighted by Crippen LogP contribution is -2.46. The van der Waals surface area contributed by atoms with E-state index in [1.807, 2.05) is 6.92 Å². The quantitative estimate of drug-likeness (QED) is 0.841. The summed E-state index contributed by atoms with van der Waals surface area (Å²) in [7, 11) is 1.27. The number of rotatable bonds is 5. The Labute approximate surface area is 134 Å². The number of amides is 2. The molecule has 1 aromatic rings. The highest BCUT2D eigenvalue weighted by atomic mass is 19.1. The summed E-state index contributed by atoms with van der Waals surface area (Å²) in [6.07, 6.45) is 0.585. The van der Waals surface area contributed by atoms with E-state index in [0.717, 1.165) is 6.42 Å². The first-order valence-electron chi connectivity index (χ1n) is 7.60. The molecule has 1 saturated heterocycles. The first kappa shape index (κ1) is 17.1. The van der Waals surface area contributed by atoms with Gasteiger partial charge in [0, 0.05) is 13.0 Å². The number of esters is 1. The van der Waals surface area contributed by atoms with Crippen LogP contribution in [0.5, 0.6) is 5.75 Å². The van der Waals surface area contributed by atoms with Crippen LogP contribution >= 0.6 is 0 Å². The number of carbonyl (C=O) groups is 2. The Hall–Kier alpha value is -2.31.